The molecule has 0 unspecified atom stereocenters. The van der Waals surface area contributed by atoms with Gasteiger partial charge in [-0.2, -0.15) is 18.2 Å². The Morgan fingerprint density at radius 2 is 1.80 bits per heavy atom. The Kier molecular flexibility index (Phi) is 3.85. The van der Waals surface area contributed by atoms with Crippen molar-refractivity contribution >= 4 is 11.6 Å². The van der Waals surface area contributed by atoms with Crippen molar-refractivity contribution in [2.45, 2.75) is 20.0 Å². The number of benzene rings is 1. The fraction of sp³-hybridized carbons (Fsp3) is 0.231. The van der Waals surface area contributed by atoms with Crippen LogP contribution in [0.5, 0.6) is 11.6 Å². The van der Waals surface area contributed by atoms with Gasteiger partial charge < -0.3 is 4.74 Å². The van der Waals surface area contributed by atoms with Gasteiger partial charge in [0, 0.05) is 6.07 Å². The molecule has 0 aliphatic rings. The summed E-state index contributed by atoms with van der Waals surface area (Å²) in [6, 6.07) is 6.01. The van der Waals surface area contributed by atoms with Crippen molar-refractivity contribution in [3.05, 3.63) is 46.4 Å². The third-order valence-electron chi connectivity index (χ3n) is 2.51. The zero-order valence-corrected chi connectivity index (χ0v) is 11.4. The lowest BCUT2D eigenvalue weighted by Crippen LogP contribution is -2.09. The van der Waals surface area contributed by atoms with Crippen LogP contribution in [0.1, 0.15) is 16.8 Å². The van der Waals surface area contributed by atoms with Gasteiger partial charge in [0.05, 0.1) is 0 Å². The largest absolute Gasteiger partial charge is 0.439 e. The second-order valence-corrected chi connectivity index (χ2v) is 4.57. The molecule has 3 nitrogen and oxygen atoms in total. The molecule has 106 valence electrons. The summed E-state index contributed by atoms with van der Waals surface area (Å²) in [4.78, 5) is 6.77. The molecule has 0 saturated heterocycles. The fourth-order valence-electron chi connectivity index (χ4n) is 1.62. The third kappa shape index (κ3) is 3.39. The second kappa shape index (κ2) is 5.28. The van der Waals surface area contributed by atoms with Crippen molar-refractivity contribution in [3.63, 3.8) is 0 Å². The zero-order valence-electron chi connectivity index (χ0n) is 10.6. The summed E-state index contributed by atoms with van der Waals surface area (Å²) in [5, 5.41) is -0.514. The van der Waals surface area contributed by atoms with Crippen molar-refractivity contribution in [2.75, 3.05) is 0 Å². The van der Waals surface area contributed by atoms with E-state index in [0.29, 0.717) is 11.8 Å². The Hall–Kier alpha value is -1.82. The van der Waals surface area contributed by atoms with Crippen molar-refractivity contribution < 1.29 is 17.9 Å². The van der Waals surface area contributed by atoms with Gasteiger partial charge in [-0.15, -0.1) is 0 Å². The topological polar surface area (TPSA) is 35.0 Å². The second-order valence-electron chi connectivity index (χ2n) is 4.23. The molecule has 20 heavy (non-hydrogen) atoms. The minimum absolute atomic E-state index is 0.246. The van der Waals surface area contributed by atoms with Gasteiger partial charge in [-0.1, -0.05) is 17.7 Å². The zero-order chi connectivity index (χ0) is 14.9. The molecule has 0 fully saturated rings. The van der Waals surface area contributed by atoms with E-state index >= 15 is 0 Å². The summed E-state index contributed by atoms with van der Waals surface area (Å²) in [6.07, 6.45) is -4.60. The van der Waals surface area contributed by atoms with Gasteiger partial charge in [-0.25, -0.2) is 4.98 Å². The van der Waals surface area contributed by atoms with Crippen LogP contribution >= 0.6 is 11.6 Å². The van der Waals surface area contributed by atoms with E-state index in [1.165, 1.54) is 0 Å². The summed E-state index contributed by atoms with van der Waals surface area (Å²) in [5.41, 5.74) is 0.664. The Bertz CT molecular complexity index is 644. The van der Waals surface area contributed by atoms with Crippen molar-refractivity contribution in [3.8, 4) is 11.6 Å². The first-order valence-electron chi connectivity index (χ1n) is 5.62. The van der Waals surface area contributed by atoms with Gasteiger partial charge in [0.1, 0.15) is 5.75 Å². The molecule has 0 amide bonds. The first kappa shape index (κ1) is 14.6. The lowest BCUT2D eigenvalue weighted by molar-refractivity contribution is -0.141. The maximum absolute atomic E-state index is 12.6. The van der Waals surface area contributed by atoms with Crippen LogP contribution in [0.15, 0.2) is 24.3 Å². The average Bonchev–Trinajstić information content (AvgIpc) is 2.31. The summed E-state index contributed by atoms with van der Waals surface area (Å²) in [7, 11) is 0. The van der Waals surface area contributed by atoms with Crippen LogP contribution in [0.3, 0.4) is 0 Å². The van der Waals surface area contributed by atoms with Crippen LogP contribution in [0.25, 0.3) is 0 Å². The Balaban J connectivity index is 2.36. The van der Waals surface area contributed by atoms with Gasteiger partial charge in [0.25, 0.3) is 0 Å². The quantitative estimate of drug-likeness (QED) is 0.763. The Labute approximate surface area is 118 Å². The maximum Gasteiger partial charge on any atom is 0.433 e. The molecule has 0 radical (unpaired) electrons. The van der Waals surface area contributed by atoms with E-state index in [-0.39, 0.29) is 5.88 Å². The van der Waals surface area contributed by atoms with E-state index in [1.807, 2.05) is 13.0 Å². The first-order valence-corrected chi connectivity index (χ1v) is 6.00. The number of hydrogen-bond donors (Lipinski definition) is 0. The lowest BCUT2D eigenvalue weighted by atomic mass is 10.1. The predicted octanol–water partition coefficient (Wildman–Crippen LogP) is 4.56. The standard InChI is InChI=1S/C13H10ClF3N2O/c1-7-3-4-9(8(2)5-7)20-11-6-10(13(15,16)17)18-12(14)19-11/h3-6H,1-2H3. The number of aromatic nitrogens is 2. The van der Waals surface area contributed by atoms with E-state index < -0.39 is 17.2 Å². The van der Waals surface area contributed by atoms with Crippen molar-refractivity contribution in [2.24, 2.45) is 0 Å². The number of hydrogen-bond acceptors (Lipinski definition) is 3. The summed E-state index contributed by atoms with van der Waals surface area (Å²) in [6.45, 7) is 3.69. The highest BCUT2D eigenvalue weighted by molar-refractivity contribution is 6.28. The van der Waals surface area contributed by atoms with Gasteiger partial charge >= 0.3 is 6.18 Å². The van der Waals surface area contributed by atoms with E-state index in [9.17, 15) is 13.2 Å². The molecule has 0 N–H and O–H groups in total. The summed E-state index contributed by atoms with van der Waals surface area (Å²) in [5.74, 6) is 0.169. The Morgan fingerprint density at radius 3 is 2.40 bits per heavy atom. The van der Waals surface area contributed by atoms with E-state index in [0.717, 1.165) is 11.1 Å². The molecule has 0 spiro atoms. The number of halogens is 4. The average molecular weight is 303 g/mol. The van der Waals surface area contributed by atoms with Gasteiger partial charge in [0.2, 0.25) is 11.2 Å². The van der Waals surface area contributed by atoms with Crippen molar-refractivity contribution in [1.82, 2.24) is 9.97 Å². The van der Waals surface area contributed by atoms with Crippen LogP contribution in [0.2, 0.25) is 5.28 Å². The Morgan fingerprint density at radius 1 is 1.10 bits per heavy atom. The van der Waals surface area contributed by atoms with Gasteiger partial charge in [-0.3, -0.25) is 0 Å². The maximum atomic E-state index is 12.6. The highest BCUT2D eigenvalue weighted by Gasteiger charge is 2.34. The van der Waals surface area contributed by atoms with Crippen LogP contribution in [0, 0.1) is 13.8 Å². The molecule has 0 saturated carbocycles. The highest BCUT2D eigenvalue weighted by Crippen LogP contribution is 2.32. The van der Waals surface area contributed by atoms with E-state index in [1.54, 1.807) is 19.1 Å². The highest BCUT2D eigenvalue weighted by atomic mass is 35.5. The van der Waals surface area contributed by atoms with Crippen LogP contribution in [-0.4, -0.2) is 9.97 Å². The fourth-order valence-corrected chi connectivity index (χ4v) is 1.80. The SMILES string of the molecule is Cc1ccc(Oc2cc(C(F)(F)F)nc(Cl)n2)c(C)c1. The molecule has 7 heteroatoms. The van der Waals surface area contributed by atoms with Crippen LogP contribution in [-0.2, 0) is 6.18 Å². The van der Waals surface area contributed by atoms with E-state index in [4.69, 9.17) is 16.3 Å². The van der Waals surface area contributed by atoms with Crippen LogP contribution < -0.4 is 4.74 Å². The van der Waals surface area contributed by atoms with Crippen LogP contribution in [0.4, 0.5) is 13.2 Å². The third-order valence-corrected chi connectivity index (χ3v) is 2.68. The molecule has 2 aromatic rings. The van der Waals surface area contributed by atoms with Crippen molar-refractivity contribution in [1.29, 1.82) is 0 Å². The number of aryl methyl sites for hydroxylation is 2. The summed E-state index contributed by atoms with van der Waals surface area (Å²) >= 11 is 5.49. The lowest BCUT2D eigenvalue weighted by Gasteiger charge is -2.11. The number of ether oxygens (including phenoxy) is 1. The van der Waals surface area contributed by atoms with E-state index in [2.05, 4.69) is 9.97 Å². The molecule has 0 aliphatic heterocycles. The monoisotopic (exact) mass is 302 g/mol. The smallest absolute Gasteiger partial charge is 0.433 e. The minimum atomic E-state index is -4.60. The number of alkyl halides is 3. The summed E-state index contributed by atoms with van der Waals surface area (Å²) < 4.78 is 43.2. The number of nitrogens with zero attached hydrogens (tertiary/aromatic N) is 2. The normalized spacial score (nSPS) is 11.5. The molecule has 2 rings (SSSR count). The number of rotatable bonds is 2. The molecule has 0 atom stereocenters. The first-order chi connectivity index (χ1) is 9.25. The van der Waals surface area contributed by atoms with Gasteiger partial charge in [-0.05, 0) is 37.1 Å². The minimum Gasteiger partial charge on any atom is -0.439 e. The molecular weight excluding hydrogens is 293 g/mol. The molecule has 0 aliphatic carbocycles. The molecule has 0 bridgehead atoms. The van der Waals surface area contributed by atoms with Gasteiger partial charge in [0.15, 0.2) is 5.69 Å². The molecule has 1 aromatic heterocycles. The molecule has 1 aromatic carbocycles. The molecular formula is C13H10ClF3N2O. The predicted molar refractivity (Wildman–Crippen MR) is 68.0 cm³/mol. The molecule has 1 heterocycles.